The summed E-state index contributed by atoms with van der Waals surface area (Å²) in [5.74, 6) is -3.69. The molecule has 1 atom stereocenters. The minimum Gasteiger partial charge on any atom is -0.540 e. The average Bonchev–Trinajstić information content (AvgIpc) is 3.30. The fourth-order valence-corrected chi connectivity index (χ4v) is 4.33. The summed E-state index contributed by atoms with van der Waals surface area (Å²) < 4.78 is 25.3. The number of ether oxygens (including phenoxy) is 1. The van der Waals surface area contributed by atoms with Crippen molar-refractivity contribution in [3.8, 4) is 0 Å². The van der Waals surface area contributed by atoms with E-state index in [0.717, 1.165) is 11.8 Å². The third-order valence-corrected chi connectivity index (χ3v) is 5.65. The van der Waals surface area contributed by atoms with Crippen LogP contribution < -0.4 is 15.3 Å². The first-order valence-electron chi connectivity index (χ1n) is 8.54. The molecule has 0 saturated heterocycles. The fourth-order valence-electron chi connectivity index (χ4n) is 2.89. The van der Waals surface area contributed by atoms with Gasteiger partial charge in [0.1, 0.15) is 11.8 Å². The summed E-state index contributed by atoms with van der Waals surface area (Å²) in [6, 6.07) is 5.72. The van der Waals surface area contributed by atoms with Crippen LogP contribution >= 0.6 is 23.4 Å². The maximum Gasteiger partial charge on any atom is 0.269 e. The van der Waals surface area contributed by atoms with Crippen molar-refractivity contribution in [2.75, 3.05) is 18.1 Å². The van der Waals surface area contributed by atoms with Crippen LogP contribution in [0.1, 0.15) is 18.9 Å². The summed E-state index contributed by atoms with van der Waals surface area (Å²) in [6.45, 7) is 2.38. The van der Waals surface area contributed by atoms with Gasteiger partial charge in [-0.25, -0.2) is 4.39 Å². The molecule has 154 valence electrons. The Morgan fingerprint density at radius 1 is 1.45 bits per heavy atom. The first-order valence-corrected chi connectivity index (χ1v) is 9.80. The molecule has 0 aliphatic carbocycles. The van der Waals surface area contributed by atoms with Crippen molar-refractivity contribution in [2.45, 2.75) is 18.3 Å². The summed E-state index contributed by atoms with van der Waals surface area (Å²) in [6.07, 6.45) is 1.50. The van der Waals surface area contributed by atoms with Gasteiger partial charge in [-0.05, 0) is 24.5 Å². The molecule has 1 amide bonds. The summed E-state index contributed by atoms with van der Waals surface area (Å²) in [5, 5.41) is 18.9. The minimum atomic E-state index is -1.91. The lowest BCUT2D eigenvalue weighted by Gasteiger charge is -2.39. The highest BCUT2D eigenvalue weighted by molar-refractivity contribution is 8.04. The standard InChI is InChI=1S/C18H17ClFN3O5S/c1-2-27-9-7-18(22-16(24)17(25)26)23(14-6-8-21-28-14)13(10-29-18)15-11(19)4-3-5-12(15)20/h3-6,8,10H,2,7,9H2,1H3,(H,22,24)(H,25,26)/p-1. The first kappa shape index (κ1) is 21.2. The van der Waals surface area contributed by atoms with Crippen molar-refractivity contribution in [1.82, 2.24) is 10.5 Å². The van der Waals surface area contributed by atoms with E-state index >= 15 is 0 Å². The lowest BCUT2D eigenvalue weighted by molar-refractivity contribution is -0.300. The summed E-state index contributed by atoms with van der Waals surface area (Å²) in [5.41, 5.74) is 0.337. The van der Waals surface area contributed by atoms with Crippen molar-refractivity contribution < 1.29 is 28.3 Å². The number of carboxylic acid groups (broad SMARTS) is 1. The molecule has 1 N–H and O–H groups in total. The van der Waals surface area contributed by atoms with E-state index in [1.807, 2.05) is 0 Å². The van der Waals surface area contributed by atoms with E-state index in [2.05, 4.69) is 10.5 Å². The lowest BCUT2D eigenvalue weighted by atomic mass is 10.1. The van der Waals surface area contributed by atoms with Crippen LogP contribution in [0, 0.1) is 5.82 Å². The van der Waals surface area contributed by atoms with Gasteiger partial charge in [0, 0.05) is 19.1 Å². The molecule has 1 aromatic heterocycles. The number of aromatic nitrogens is 1. The number of anilines is 1. The molecule has 0 fully saturated rings. The molecule has 0 spiro atoms. The van der Waals surface area contributed by atoms with Gasteiger partial charge < -0.3 is 24.5 Å². The lowest BCUT2D eigenvalue weighted by Crippen LogP contribution is -2.59. The molecule has 2 heterocycles. The Labute approximate surface area is 174 Å². The summed E-state index contributed by atoms with van der Waals surface area (Å²) in [4.78, 5) is 23.1. The molecule has 8 nitrogen and oxygen atoms in total. The van der Waals surface area contributed by atoms with Crippen LogP contribution in [-0.2, 0) is 14.3 Å². The fraction of sp³-hybridized carbons (Fsp3) is 0.278. The molecule has 29 heavy (non-hydrogen) atoms. The smallest absolute Gasteiger partial charge is 0.269 e. The van der Waals surface area contributed by atoms with Gasteiger partial charge >= 0.3 is 0 Å². The number of carbonyl (C=O) groups excluding carboxylic acids is 2. The average molecular weight is 441 g/mol. The second-order valence-corrected chi connectivity index (χ2v) is 7.43. The van der Waals surface area contributed by atoms with E-state index in [1.165, 1.54) is 35.4 Å². The van der Waals surface area contributed by atoms with E-state index in [4.69, 9.17) is 20.9 Å². The Morgan fingerprint density at radius 2 is 2.24 bits per heavy atom. The van der Waals surface area contributed by atoms with Crippen molar-refractivity contribution >= 4 is 46.8 Å². The third kappa shape index (κ3) is 4.24. The van der Waals surface area contributed by atoms with Crippen LogP contribution in [0.5, 0.6) is 0 Å². The van der Waals surface area contributed by atoms with E-state index in [-0.39, 0.29) is 35.2 Å². The number of hydrogen-bond acceptors (Lipinski definition) is 8. The normalized spacial score (nSPS) is 18.6. The van der Waals surface area contributed by atoms with Gasteiger partial charge in [-0.3, -0.25) is 9.69 Å². The number of benzene rings is 1. The monoisotopic (exact) mass is 440 g/mol. The largest absolute Gasteiger partial charge is 0.540 e. The number of carbonyl (C=O) groups is 2. The molecule has 0 radical (unpaired) electrons. The van der Waals surface area contributed by atoms with Crippen LogP contribution in [-0.4, -0.2) is 35.2 Å². The number of aliphatic carboxylic acids is 1. The van der Waals surface area contributed by atoms with Crippen LogP contribution in [0.2, 0.25) is 5.02 Å². The Kier molecular flexibility index (Phi) is 6.46. The topological polar surface area (TPSA) is 108 Å². The van der Waals surface area contributed by atoms with Gasteiger partial charge in [0.15, 0.2) is 4.99 Å². The zero-order valence-electron chi connectivity index (χ0n) is 15.2. The van der Waals surface area contributed by atoms with Gasteiger partial charge in [0.25, 0.3) is 5.91 Å². The maximum absolute atomic E-state index is 14.6. The van der Waals surface area contributed by atoms with Crippen LogP contribution in [0.25, 0.3) is 5.70 Å². The quantitative estimate of drug-likeness (QED) is 0.514. The number of halogens is 2. The van der Waals surface area contributed by atoms with Gasteiger partial charge in [-0.2, -0.15) is 0 Å². The molecule has 3 rings (SSSR count). The first-order chi connectivity index (χ1) is 13.9. The van der Waals surface area contributed by atoms with Gasteiger partial charge in [-0.15, -0.1) is 0 Å². The van der Waals surface area contributed by atoms with Crippen LogP contribution in [0.3, 0.4) is 0 Å². The SMILES string of the molecule is CCOCCC1(NC(=O)C(=O)[O-])SC=C(c2c(F)cccc2Cl)N1c1ccno1. The van der Waals surface area contributed by atoms with E-state index < -0.39 is 22.7 Å². The predicted molar refractivity (Wildman–Crippen MR) is 103 cm³/mol. The highest BCUT2D eigenvalue weighted by Gasteiger charge is 2.47. The predicted octanol–water partition coefficient (Wildman–Crippen LogP) is 1.97. The molecule has 1 aliphatic rings. The van der Waals surface area contributed by atoms with Gasteiger partial charge in [0.2, 0.25) is 5.88 Å². The molecule has 1 aromatic carbocycles. The number of nitrogens with zero attached hydrogens (tertiary/aromatic N) is 2. The summed E-state index contributed by atoms with van der Waals surface area (Å²) in [7, 11) is 0. The highest BCUT2D eigenvalue weighted by Crippen LogP contribution is 2.49. The molecule has 1 aliphatic heterocycles. The number of thioether (sulfide) groups is 1. The van der Waals surface area contributed by atoms with E-state index in [0.29, 0.717) is 6.61 Å². The number of hydrogen-bond donors (Lipinski definition) is 1. The number of amides is 1. The van der Waals surface area contributed by atoms with E-state index in [9.17, 15) is 19.1 Å². The Balaban J connectivity index is 2.10. The molecule has 1 unspecified atom stereocenters. The van der Waals surface area contributed by atoms with E-state index in [1.54, 1.807) is 12.3 Å². The van der Waals surface area contributed by atoms with Crippen molar-refractivity contribution in [3.05, 3.63) is 52.3 Å². The van der Waals surface area contributed by atoms with Crippen LogP contribution in [0.4, 0.5) is 10.3 Å². The number of nitrogens with one attached hydrogen (secondary N) is 1. The molecule has 2 aromatic rings. The van der Waals surface area contributed by atoms with Crippen molar-refractivity contribution in [3.63, 3.8) is 0 Å². The Bertz CT molecular complexity index is 919. The second-order valence-electron chi connectivity index (χ2n) is 5.88. The van der Waals surface area contributed by atoms with Crippen LogP contribution in [0.15, 0.2) is 40.4 Å². The molecular weight excluding hydrogens is 425 g/mol. The number of carboxylic acids is 1. The zero-order chi connectivity index (χ0) is 21.0. The molecule has 0 bridgehead atoms. The minimum absolute atomic E-state index is 0.0686. The molecular formula is C18H16ClFN3O5S-. The second kappa shape index (κ2) is 8.85. The van der Waals surface area contributed by atoms with Crippen molar-refractivity contribution in [1.29, 1.82) is 0 Å². The third-order valence-electron chi connectivity index (χ3n) is 4.11. The zero-order valence-corrected chi connectivity index (χ0v) is 16.8. The number of rotatable bonds is 7. The van der Waals surface area contributed by atoms with Gasteiger partial charge in [-0.1, -0.05) is 34.6 Å². The highest BCUT2D eigenvalue weighted by atomic mass is 35.5. The Hall–Kier alpha value is -2.56. The summed E-state index contributed by atoms with van der Waals surface area (Å²) >= 11 is 7.29. The Morgan fingerprint density at radius 3 is 2.86 bits per heavy atom. The maximum atomic E-state index is 14.6. The van der Waals surface area contributed by atoms with Gasteiger partial charge in [0.05, 0.1) is 29.1 Å². The van der Waals surface area contributed by atoms with Crippen molar-refractivity contribution in [2.24, 2.45) is 0 Å². The molecule has 0 saturated carbocycles. The molecule has 11 heteroatoms.